The molecule has 1 aliphatic rings. The summed E-state index contributed by atoms with van der Waals surface area (Å²) in [5, 5.41) is 9.58. The fourth-order valence-electron chi connectivity index (χ4n) is 4.79. The lowest BCUT2D eigenvalue weighted by molar-refractivity contribution is 0.160. The molecule has 0 bridgehead atoms. The third-order valence-electron chi connectivity index (χ3n) is 6.50. The molecule has 0 aromatic heterocycles. The molecule has 0 radical (unpaired) electrons. The number of rotatable bonds is 9. The van der Waals surface area contributed by atoms with Gasteiger partial charge < -0.3 is 20.3 Å². The molecule has 4 rings (SSSR count). The number of aliphatic hydroxyl groups is 1. The van der Waals surface area contributed by atoms with Gasteiger partial charge in [-0.3, -0.25) is 0 Å². The van der Waals surface area contributed by atoms with Crippen LogP contribution in [0.1, 0.15) is 53.4 Å². The molecular formula is C28H33NO3. The average molecular weight is 432 g/mol. The van der Waals surface area contributed by atoms with Crippen LogP contribution in [0, 0.1) is 0 Å². The van der Waals surface area contributed by atoms with Crippen LogP contribution in [0.4, 0.5) is 0 Å². The predicted molar refractivity (Wildman–Crippen MR) is 129 cm³/mol. The van der Waals surface area contributed by atoms with Crippen molar-refractivity contribution in [1.29, 1.82) is 0 Å². The van der Waals surface area contributed by atoms with E-state index in [9.17, 15) is 5.11 Å². The summed E-state index contributed by atoms with van der Waals surface area (Å²) in [5.74, 6) is 2.50. The SMILES string of the molecule is COc1ccc2c(c1)CC[C@H](c1ccccc1)[C@@H]2c1ccc(OCCCC(O)CN)cc1. The normalized spacial score (nSPS) is 18.6. The lowest BCUT2D eigenvalue weighted by Gasteiger charge is -2.35. The van der Waals surface area contributed by atoms with E-state index in [-0.39, 0.29) is 0 Å². The summed E-state index contributed by atoms with van der Waals surface area (Å²) in [6.07, 6.45) is 3.17. The number of fused-ring (bicyclic) bond motifs is 1. The first kappa shape index (κ1) is 22.4. The van der Waals surface area contributed by atoms with E-state index < -0.39 is 6.10 Å². The van der Waals surface area contributed by atoms with Crippen LogP contribution in [0.15, 0.2) is 72.8 Å². The van der Waals surface area contributed by atoms with Gasteiger partial charge in [-0.05, 0) is 78.1 Å². The van der Waals surface area contributed by atoms with Crippen molar-refractivity contribution in [2.75, 3.05) is 20.3 Å². The van der Waals surface area contributed by atoms with Crippen molar-refractivity contribution in [1.82, 2.24) is 0 Å². The van der Waals surface area contributed by atoms with Crippen LogP contribution in [0.2, 0.25) is 0 Å². The standard InChI is InChI=1S/C28H33NO3/c1-31-25-14-16-27-22(18-25)11-15-26(20-6-3-2-4-7-20)28(27)21-9-12-24(13-10-21)32-17-5-8-23(30)19-29/h2-4,6-7,9-10,12-14,16,18,23,26,28,30H,5,8,11,15,17,19,29H2,1H3/t23?,26-,28+/m1/s1. The van der Waals surface area contributed by atoms with Gasteiger partial charge in [0, 0.05) is 12.5 Å². The van der Waals surface area contributed by atoms with Crippen molar-refractivity contribution in [2.24, 2.45) is 5.73 Å². The number of benzene rings is 3. The second-order valence-electron chi connectivity index (χ2n) is 8.55. The van der Waals surface area contributed by atoms with Crippen LogP contribution in [0.25, 0.3) is 0 Å². The second-order valence-corrected chi connectivity index (χ2v) is 8.55. The smallest absolute Gasteiger partial charge is 0.119 e. The van der Waals surface area contributed by atoms with E-state index in [0.717, 1.165) is 30.8 Å². The van der Waals surface area contributed by atoms with Gasteiger partial charge in [-0.15, -0.1) is 0 Å². The molecule has 3 aromatic rings. The van der Waals surface area contributed by atoms with E-state index in [1.807, 2.05) is 0 Å². The molecule has 3 N–H and O–H groups in total. The zero-order chi connectivity index (χ0) is 22.3. The maximum atomic E-state index is 9.58. The van der Waals surface area contributed by atoms with Crippen molar-refractivity contribution in [3.8, 4) is 11.5 Å². The van der Waals surface area contributed by atoms with Crippen molar-refractivity contribution in [3.63, 3.8) is 0 Å². The molecular weight excluding hydrogens is 398 g/mol. The first-order valence-corrected chi connectivity index (χ1v) is 11.5. The van der Waals surface area contributed by atoms with Crippen molar-refractivity contribution in [2.45, 2.75) is 43.6 Å². The van der Waals surface area contributed by atoms with Gasteiger partial charge in [0.05, 0.1) is 19.8 Å². The molecule has 0 heterocycles. The number of nitrogens with two attached hydrogens (primary N) is 1. The molecule has 1 aliphatic carbocycles. The number of ether oxygens (including phenoxy) is 2. The van der Waals surface area contributed by atoms with E-state index in [1.165, 1.54) is 22.3 Å². The largest absolute Gasteiger partial charge is 0.497 e. The predicted octanol–water partition coefficient (Wildman–Crippen LogP) is 5.04. The fourth-order valence-corrected chi connectivity index (χ4v) is 4.79. The Balaban J connectivity index is 1.57. The summed E-state index contributed by atoms with van der Waals surface area (Å²) in [4.78, 5) is 0. The minimum atomic E-state index is -0.444. The highest BCUT2D eigenvalue weighted by atomic mass is 16.5. The van der Waals surface area contributed by atoms with Gasteiger partial charge in [0.2, 0.25) is 0 Å². The minimum Gasteiger partial charge on any atom is -0.497 e. The van der Waals surface area contributed by atoms with Crippen LogP contribution in [0.5, 0.6) is 11.5 Å². The first-order valence-electron chi connectivity index (χ1n) is 11.5. The summed E-state index contributed by atoms with van der Waals surface area (Å²) in [5.41, 5.74) is 10.9. The Hall–Kier alpha value is -2.82. The Morgan fingerprint density at radius 1 is 0.969 bits per heavy atom. The number of aryl methyl sites for hydroxylation is 1. The third kappa shape index (κ3) is 5.14. The molecule has 0 saturated carbocycles. The summed E-state index contributed by atoms with van der Waals surface area (Å²) >= 11 is 0. The van der Waals surface area contributed by atoms with Gasteiger partial charge in [-0.25, -0.2) is 0 Å². The van der Waals surface area contributed by atoms with E-state index >= 15 is 0 Å². The van der Waals surface area contributed by atoms with Gasteiger partial charge >= 0.3 is 0 Å². The number of hydrogen-bond acceptors (Lipinski definition) is 4. The fraction of sp³-hybridized carbons (Fsp3) is 0.357. The Morgan fingerprint density at radius 3 is 2.44 bits per heavy atom. The first-order chi connectivity index (χ1) is 15.7. The molecule has 0 spiro atoms. The maximum Gasteiger partial charge on any atom is 0.119 e. The topological polar surface area (TPSA) is 64.7 Å². The van der Waals surface area contributed by atoms with Gasteiger partial charge in [0.1, 0.15) is 11.5 Å². The molecule has 0 amide bonds. The molecule has 3 atom stereocenters. The van der Waals surface area contributed by atoms with Crippen LogP contribution < -0.4 is 15.2 Å². The van der Waals surface area contributed by atoms with Crippen LogP contribution in [-0.2, 0) is 6.42 Å². The molecule has 1 unspecified atom stereocenters. The quantitative estimate of drug-likeness (QED) is 0.466. The molecule has 32 heavy (non-hydrogen) atoms. The number of methoxy groups -OCH3 is 1. The van der Waals surface area contributed by atoms with Crippen LogP contribution in [-0.4, -0.2) is 31.5 Å². The third-order valence-corrected chi connectivity index (χ3v) is 6.50. The number of hydrogen-bond donors (Lipinski definition) is 2. The van der Waals surface area contributed by atoms with Crippen molar-refractivity contribution >= 4 is 0 Å². The molecule has 168 valence electrons. The van der Waals surface area contributed by atoms with Crippen molar-refractivity contribution in [3.05, 3.63) is 95.1 Å². The molecule has 4 nitrogen and oxygen atoms in total. The van der Waals surface area contributed by atoms with Crippen LogP contribution >= 0.6 is 0 Å². The molecule has 4 heteroatoms. The van der Waals surface area contributed by atoms with E-state index in [0.29, 0.717) is 31.4 Å². The highest BCUT2D eigenvalue weighted by Gasteiger charge is 2.32. The second kappa shape index (κ2) is 10.7. The lowest BCUT2D eigenvalue weighted by atomic mass is 9.69. The van der Waals surface area contributed by atoms with Gasteiger partial charge in [0.15, 0.2) is 0 Å². The van der Waals surface area contributed by atoms with Gasteiger partial charge in [-0.1, -0.05) is 48.5 Å². The van der Waals surface area contributed by atoms with Crippen molar-refractivity contribution < 1.29 is 14.6 Å². The van der Waals surface area contributed by atoms with Gasteiger partial charge in [0.25, 0.3) is 0 Å². The summed E-state index contributed by atoms with van der Waals surface area (Å²) in [7, 11) is 1.73. The Bertz CT molecular complexity index is 987. The highest BCUT2D eigenvalue weighted by molar-refractivity contribution is 5.48. The van der Waals surface area contributed by atoms with E-state index in [4.69, 9.17) is 15.2 Å². The Morgan fingerprint density at radius 2 is 1.72 bits per heavy atom. The molecule has 0 fully saturated rings. The zero-order valence-corrected chi connectivity index (χ0v) is 18.7. The highest BCUT2D eigenvalue weighted by Crippen LogP contribution is 2.47. The maximum absolute atomic E-state index is 9.58. The van der Waals surface area contributed by atoms with E-state index in [1.54, 1.807) is 7.11 Å². The minimum absolute atomic E-state index is 0.292. The van der Waals surface area contributed by atoms with Crippen LogP contribution in [0.3, 0.4) is 0 Å². The summed E-state index contributed by atoms with van der Waals surface area (Å²) < 4.78 is 11.4. The Kier molecular flexibility index (Phi) is 7.46. The zero-order valence-electron chi connectivity index (χ0n) is 18.7. The average Bonchev–Trinajstić information content (AvgIpc) is 2.86. The Labute approximate surface area is 191 Å². The molecule has 0 saturated heterocycles. The monoisotopic (exact) mass is 431 g/mol. The molecule has 0 aliphatic heterocycles. The summed E-state index contributed by atoms with van der Waals surface area (Å²) in [6, 6.07) is 25.9. The summed E-state index contributed by atoms with van der Waals surface area (Å²) in [6.45, 7) is 0.876. The van der Waals surface area contributed by atoms with E-state index in [2.05, 4.69) is 72.8 Å². The lowest BCUT2D eigenvalue weighted by Crippen LogP contribution is -2.20. The molecule has 3 aromatic carbocycles. The number of aliphatic hydroxyl groups excluding tert-OH is 1. The van der Waals surface area contributed by atoms with Gasteiger partial charge in [-0.2, -0.15) is 0 Å².